The topological polar surface area (TPSA) is 54.3 Å². The number of aryl methyl sites for hydroxylation is 1. The maximum absolute atomic E-state index is 12.8. The Labute approximate surface area is 155 Å². The summed E-state index contributed by atoms with van der Waals surface area (Å²) < 4.78 is 1.49. The molecule has 0 aliphatic carbocycles. The number of nitrogens with one attached hydrogen (secondary N) is 1. The van der Waals surface area contributed by atoms with E-state index in [0.29, 0.717) is 29.3 Å². The van der Waals surface area contributed by atoms with E-state index in [4.69, 9.17) is 0 Å². The number of carbonyl (C=O) groups is 1. The maximum Gasteiger partial charge on any atom is 0.258 e. The fourth-order valence-corrected chi connectivity index (χ4v) is 3.93. The van der Waals surface area contributed by atoms with Gasteiger partial charge in [0.2, 0.25) is 0 Å². The van der Waals surface area contributed by atoms with Crippen molar-refractivity contribution < 1.29 is 4.79 Å². The number of hydrogen-bond acceptors (Lipinski definition) is 3. The van der Waals surface area contributed by atoms with Crippen molar-refractivity contribution in [3.8, 4) is 0 Å². The van der Waals surface area contributed by atoms with Crippen molar-refractivity contribution in [1.29, 1.82) is 0 Å². The van der Waals surface area contributed by atoms with Crippen LogP contribution in [0.4, 0.5) is 0 Å². The van der Waals surface area contributed by atoms with Crippen LogP contribution in [0.25, 0.3) is 10.8 Å². The molecule has 1 aromatic heterocycles. The molecule has 0 radical (unpaired) electrons. The minimum atomic E-state index is -0.0993. The van der Waals surface area contributed by atoms with E-state index < -0.39 is 0 Å². The number of nitrogens with zero attached hydrogens (tertiary/aromatic N) is 2. The van der Waals surface area contributed by atoms with E-state index in [1.54, 1.807) is 19.3 Å². The highest BCUT2D eigenvalue weighted by atomic mass is 16.2. The maximum atomic E-state index is 12.8. The lowest BCUT2D eigenvalue weighted by Crippen LogP contribution is -2.42. The minimum absolute atomic E-state index is 0.0752. The standard InChI is InChI=1S/C21H29N3O2/c1-15(2)12-24-10-6-7-16(13-24)11-22-20(25)19-14-23(3)21(26)18-9-5-4-8-17(18)19/h4-5,8-9,14-16H,6-7,10-13H2,1-3H3,(H,22,25). The Hall–Kier alpha value is -2.14. The van der Waals surface area contributed by atoms with Gasteiger partial charge in [-0.15, -0.1) is 0 Å². The summed E-state index contributed by atoms with van der Waals surface area (Å²) in [5, 5.41) is 4.41. The predicted molar refractivity (Wildman–Crippen MR) is 106 cm³/mol. The summed E-state index contributed by atoms with van der Waals surface area (Å²) in [4.78, 5) is 27.5. The smallest absolute Gasteiger partial charge is 0.258 e. The molecular weight excluding hydrogens is 326 g/mol. The highest BCUT2D eigenvalue weighted by Crippen LogP contribution is 2.18. The Bertz CT molecular complexity index is 841. The molecule has 1 saturated heterocycles. The average molecular weight is 355 g/mol. The van der Waals surface area contributed by atoms with E-state index in [9.17, 15) is 9.59 Å². The van der Waals surface area contributed by atoms with Gasteiger partial charge >= 0.3 is 0 Å². The van der Waals surface area contributed by atoms with Gasteiger partial charge in [-0.05, 0) is 37.3 Å². The molecule has 2 aromatic rings. The fraction of sp³-hybridized carbons (Fsp3) is 0.524. The van der Waals surface area contributed by atoms with E-state index in [1.165, 1.54) is 11.0 Å². The first-order valence-electron chi connectivity index (χ1n) is 9.54. The minimum Gasteiger partial charge on any atom is -0.352 e. The monoisotopic (exact) mass is 355 g/mol. The average Bonchev–Trinajstić information content (AvgIpc) is 2.62. The van der Waals surface area contributed by atoms with Crippen molar-refractivity contribution in [3.63, 3.8) is 0 Å². The van der Waals surface area contributed by atoms with E-state index in [0.717, 1.165) is 31.4 Å². The molecule has 26 heavy (non-hydrogen) atoms. The molecular formula is C21H29N3O2. The highest BCUT2D eigenvalue weighted by Gasteiger charge is 2.21. The lowest BCUT2D eigenvalue weighted by molar-refractivity contribution is 0.0930. The van der Waals surface area contributed by atoms with Crippen molar-refractivity contribution in [2.45, 2.75) is 26.7 Å². The van der Waals surface area contributed by atoms with Gasteiger partial charge in [0, 0.05) is 43.7 Å². The number of fused-ring (bicyclic) bond motifs is 1. The molecule has 5 nitrogen and oxygen atoms in total. The number of hydrogen-bond donors (Lipinski definition) is 1. The van der Waals surface area contributed by atoms with Crippen LogP contribution in [-0.4, -0.2) is 41.6 Å². The van der Waals surface area contributed by atoms with E-state index in [-0.39, 0.29) is 11.5 Å². The van der Waals surface area contributed by atoms with Crippen LogP contribution in [0.3, 0.4) is 0 Å². The number of amides is 1. The van der Waals surface area contributed by atoms with Gasteiger partial charge in [0.25, 0.3) is 11.5 Å². The van der Waals surface area contributed by atoms with Gasteiger partial charge in [-0.2, -0.15) is 0 Å². The first-order chi connectivity index (χ1) is 12.5. The van der Waals surface area contributed by atoms with E-state index >= 15 is 0 Å². The van der Waals surface area contributed by atoms with Crippen molar-refractivity contribution in [2.75, 3.05) is 26.2 Å². The summed E-state index contributed by atoms with van der Waals surface area (Å²) in [6.07, 6.45) is 3.99. The van der Waals surface area contributed by atoms with Gasteiger partial charge in [0.1, 0.15) is 0 Å². The molecule has 1 aliphatic heterocycles. The molecule has 0 spiro atoms. The van der Waals surface area contributed by atoms with Gasteiger partial charge in [0.15, 0.2) is 0 Å². The second-order valence-electron chi connectivity index (χ2n) is 7.88. The van der Waals surface area contributed by atoms with Gasteiger partial charge < -0.3 is 14.8 Å². The van der Waals surface area contributed by atoms with Crippen molar-refractivity contribution >= 4 is 16.7 Å². The lowest BCUT2D eigenvalue weighted by atomic mass is 9.97. The number of carbonyl (C=O) groups excluding carboxylic acids is 1. The summed E-state index contributed by atoms with van der Waals surface area (Å²) >= 11 is 0. The molecule has 1 unspecified atom stereocenters. The number of piperidine rings is 1. The van der Waals surface area contributed by atoms with Crippen LogP contribution in [-0.2, 0) is 7.05 Å². The summed E-state index contributed by atoms with van der Waals surface area (Å²) in [5.41, 5.74) is 0.492. The molecule has 5 heteroatoms. The Balaban J connectivity index is 1.70. The Morgan fingerprint density at radius 3 is 2.73 bits per heavy atom. The molecule has 1 aromatic carbocycles. The molecule has 0 bridgehead atoms. The van der Waals surface area contributed by atoms with E-state index in [2.05, 4.69) is 24.1 Å². The Morgan fingerprint density at radius 2 is 2.00 bits per heavy atom. The highest BCUT2D eigenvalue weighted by molar-refractivity contribution is 6.06. The summed E-state index contributed by atoms with van der Waals surface area (Å²) in [5.74, 6) is 1.06. The van der Waals surface area contributed by atoms with E-state index in [1.807, 2.05) is 18.2 Å². The van der Waals surface area contributed by atoms with Gasteiger partial charge in [-0.1, -0.05) is 32.0 Å². The third-order valence-corrected chi connectivity index (χ3v) is 5.11. The van der Waals surface area contributed by atoms with Gasteiger partial charge in [0.05, 0.1) is 5.56 Å². The normalized spacial score (nSPS) is 18.4. The third-order valence-electron chi connectivity index (χ3n) is 5.11. The molecule has 1 aliphatic rings. The Morgan fingerprint density at radius 1 is 1.27 bits per heavy atom. The van der Waals surface area contributed by atoms with Gasteiger partial charge in [-0.25, -0.2) is 0 Å². The first-order valence-corrected chi connectivity index (χ1v) is 9.54. The number of rotatable bonds is 5. The summed E-state index contributed by atoms with van der Waals surface area (Å²) in [7, 11) is 1.69. The quantitative estimate of drug-likeness (QED) is 0.897. The SMILES string of the molecule is CC(C)CN1CCCC(CNC(=O)c2cn(C)c(=O)c3ccccc23)C1. The van der Waals surface area contributed by atoms with Crippen LogP contribution in [0.2, 0.25) is 0 Å². The zero-order chi connectivity index (χ0) is 18.7. The van der Waals surface area contributed by atoms with Crippen molar-refractivity contribution in [2.24, 2.45) is 18.9 Å². The molecule has 0 saturated carbocycles. The zero-order valence-electron chi connectivity index (χ0n) is 16.0. The molecule has 2 heterocycles. The predicted octanol–water partition coefficient (Wildman–Crippen LogP) is 2.64. The zero-order valence-corrected chi connectivity index (χ0v) is 16.0. The second-order valence-corrected chi connectivity index (χ2v) is 7.88. The number of aromatic nitrogens is 1. The van der Waals surface area contributed by atoms with Crippen LogP contribution >= 0.6 is 0 Å². The first kappa shape index (κ1) is 18.6. The molecule has 1 fully saturated rings. The molecule has 1 N–H and O–H groups in total. The largest absolute Gasteiger partial charge is 0.352 e. The number of pyridine rings is 1. The van der Waals surface area contributed by atoms with Crippen LogP contribution in [0.1, 0.15) is 37.0 Å². The number of benzene rings is 1. The van der Waals surface area contributed by atoms with Gasteiger partial charge in [-0.3, -0.25) is 9.59 Å². The number of likely N-dealkylation sites (tertiary alicyclic amines) is 1. The lowest BCUT2D eigenvalue weighted by Gasteiger charge is -2.33. The Kier molecular flexibility index (Phi) is 5.77. The van der Waals surface area contributed by atoms with Crippen LogP contribution in [0.15, 0.2) is 35.3 Å². The molecule has 3 rings (SSSR count). The fourth-order valence-electron chi connectivity index (χ4n) is 3.93. The van der Waals surface area contributed by atoms with Crippen molar-refractivity contribution in [1.82, 2.24) is 14.8 Å². The molecule has 1 atom stereocenters. The third kappa shape index (κ3) is 4.15. The molecule has 1 amide bonds. The second kappa shape index (κ2) is 8.04. The summed E-state index contributed by atoms with van der Waals surface area (Å²) in [6.45, 7) is 8.51. The van der Waals surface area contributed by atoms with Crippen LogP contribution in [0, 0.1) is 11.8 Å². The van der Waals surface area contributed by atoms with Crippen molar-refractivity contribution in [3.05, 3.63) is 46.4 Å². The van der Waals surface area contributed by atoms with Crippen LogP contribution < -0.4 is 10.9 Å². The molecule has 140 valence electrons. The van der Waals surface area contributed by atoms with Crippen LogP contribution in [0.5, 0.6) is 0 Å². The summed E-state index contributed by atoms with van der Waals surface area (Å²) in [6, 6.07) is 7.32.